The number of amides is 2. The van der Waals surface area contributed by atoms with Crippen molar-refractivity contribution in [3.05, 3.63) is 41.5 Å². The molecule has 8 heteroatoms. The molecule has 25 heavy (non-hydrogen) atoms. The number of carbonyl (C=O) groups is 2. The Morgan fingerprint density at radius 1 is 1.32 bits per heavy atom. The van der Waals surface area contributed by atoms with Crippen molar-refractivity contribution in [3.8, 4) is 5.75 Å². The summed E-state index contributed by atoms with van der Waals surface area (Å²) in [5.41, 5.74) is 5.58. The van der Waals surface area contributed by atoms with Gasteiger partial charge in [-0.25, -0.2) is 0 Å². The molecule has 1 aliphatic heterocycles. The zero-order chi connectivity index (χ0) is 17.8. The topological polar surface area (TPSA) is 112 Å². The number of primary amides is 1. The summed E-state index contributed by atoms with van der Waals surface area (Å²) in [7, 11) is 0. The normalized spacial score (nSPS) is 16.1. The number of aryl methyl sites for hydroxylation is 2. The summed E-state index contributed by atoms with van der Waals surface area (Å²) in [5.74, 6) is 1.76. The maximum atomic E-state index is 12.1. The predicted molar refractivity (Wildman–Crippen MR) is 90.1 cm³/mol. The van der Waals surface area contributed by atoms with Gasteiger partial charge in [-0.15, -0.1) is 10.2 Å². The van der Waals surface area contributed by atoms with Gasteiger partial charge in [0.1, 0.15) is 17.4 Å². The van der Waals surface area contributed by atoms with Gasteiger partial charge in [0, 0.05) is 31.0 Å². The summed E-state index contributed by atoms with van der Waals surface area (Å²) in [6.07, 6.45) is 2.45. The summed E-state index contributed by atoms with van der Waals surface area (Å²) in [5, 5.41) is 11.3. The number of hydrogen-bond acceptors (Lipinski definition) is 5. The number of nitrogens with zero attached hydrogens (tertiary/aromatic N) is 3. The molecule has 1 atom stereocenters. The molecule has 1 unspecified atom stereocenters. The second-order valence-electron chi connectivity index (χ2n) is 5.98. The number of benzene rings is 1. The number of nitrogens with one attached hydrogen (secondary N) is 1. The Labute approximate surface area is 145 Å². The average Bonchev–Trinajstić information content (AvgIpc) is 3.02. The Bertz CT molecular complexity index is 756. The van der Waals surface area contributed by atoms with Gasteiger partial charge in [-0.05, 0) is 30.7 Å². The number of carbonyl (C=O) groups excluding carboxylic acids is 2. The molecule has 3 N–H and O–H groups in total. The molecule has 2 heterocycles. The van der Waals surface area contributed by atoms with Crippen molar-refractivity contribution in [2.45, 2.75) is 38.8 Å². The fraction of sp³-hybridized carbons (Fsp3) is 0.412. The van der Waals surface area contributed by atoms with Gasteiger partial charge >= 0.3 is 0 Å². The minimum atomic E-state index is -0.499. The molecule has 0 saturated heterocycles. The van der Waals surface area contributed by atoms with E-state index in [1.54, 1.807) is 24.3 Å². The van der Waals surface area contributed by atoms with Gasteiger partial charge in [-0.1, -0.05) is 6.92 Å². The first kappa shape index (κ1) is 16.9. The minimum absolute atomic E-state index is 0.0436. The molecule has 2 amide bonds. The van der Waals surface area contributed by atoms with Gasteiger partial charge in [0.25, 0.3) is 5.91 Å². The van der Waals surface area contributed by atoms with Crippen LogP contribution in [0.2, 0.25) is 0 Å². The van der Waals surface area contributed by atoms with Crippen LogP contribution in [-0.2, 0) is 24.2 Å². The van der Waals surface area contributed by atoms with Crippen molar-refractivity contribution in [2.75, 3.05) is 6.61 Å². The Morgan fingerprint density at radius 2 is 2.08 bits per heavy atom. The van der Waals surface area contributed by atoms with Crippen molar-refractivity contribution in [2.24, 2.45) is 5.73 Å². The molecule has 0 aliphatic carbocycles. The van der Waals surface area contributed by atoms with Crippen LogP contribution < -0.4 is 15.8 Å². The molecule has 0 saturated carbocycles. The second kappa shape index (κ2) is 7.33. The molecule has 1 aromatic heterocycles. The first-order valence-electron chi connectivity index (χ1n) is 8.29. The standard InChI is InChI=1S/C17H21N5O3/c1-2-14-20-21-15-8-5-12(9-22(14)15)19-16(23)10-25-13-6-3-11(4-7-13)17(18)24/h3-4,6-7,12H,2,5,8-10H2,1H3,(H2,18,24)(H,19,23). The van der Waals surface area contributed by atoms with E-state index >= 15 is 0 Å². The number of aromatic nitrogens is 3. The molecule has 0 spiro atoms. The van der Waals surface area contributed by atoms with Crippen molar-refractivity contribution in [1.82, 2.24) is 20.1 Å². The lowest BCUT2D eigenvalue weighted by Gasteiger charge is -2.25. The van der Waals surface area contributed by atoms with Crippen molar-refractivity contribution >= 4 is 11.8 Å². The van der Waals surface area contributed by atoms with E-state index in [9.17, 15) is 9.59 Å². The molecular formula is C17H21N5O3. The van der Waals surface area contributed by atoms with Crippen LogP contribution in [0.15, 0.2) is 24.3 Å². The van der Waals surface area contributed by atoms with E-state index < -0.39 is 5.91 Å². The van der Waals surface area contributed by atoms with Crippen LogP contribution in [0.25, 0.3) is 0 Å². The fourth-order valence-electron chi connectivity index (χ4n) is 2.90. The first-order valence-corrected chi connectivity index (χ1v) is 8.29. The van der Waals surface area contributed by atoms with Gasteiger partial charge in [-0.3, -0.25) is 9.59 Å². The molecule has 3 rings (SSSR count). The highest BCUT2D eigenvalue weighted by molar-refractivity contribution is 5.92. The Morgan fingerprint density at radius 3 is 2.76 bits per heavy atom. The Hall–Kier alpha value is -2.90. The summed E-state index contributed by atoms with van der Waals surface area (Å²) in [4.78, 5) is 23.1. The van der Waals surface area contributed by atoms with Gasteiger partial charge < -0.3 is 20.4 Å². The highest BCUT2D eigenvalue weighted by Gasteiger charge is 2.23. The first-order chi connectivity index (χ1) is 12.1. The molecular weight excluding hydrogens is 322 g/mol. The van der Waals surface area contributed by atoms with Gasteiger partial charge in [0.2, 0.25) is 5.91 Å². The lowest BCUT2D eigenvalue weighted by atomic mass is 10.1. The monoisotopic (exact) mass is 343 g/mol. The summed E-state index contributed by atoms with van der Waals surface area (Å²) >= 11 is 0. The number of nitrogens with two attached hydrogens (primary N) is 1. The number of hydrogen-bond donors (Lipinski definition) is 2. The largest absolute Gasteiger partial charge is 0.484 e. The molecule has 8 nitrogen and oxygen atoms in total. The van der Waals surface area contributed by atoms with E-state index in [1.807, 2.05) is 6.92 Å². The third kappa shape index (κ3) is 3.96. The zero-order valence-electron chi connectivity index (χ0n) is 14.1. The number of fused-ring (bicyclic) bond motifs is 1. The molecule has 2 aromatic rings. The van der Waals surface area contributed by atoms with Gasteiger partial charge in [0.05, 0.1) is 0 Å². The maximum absolute atomic E-state index is 12.1. The van der Waals surface area contributed by atoms with E-state index in [4.69, 9.17) is 10.5 Å². The smallest absolute Gasteiger partial charge is 0.258 e. The van der Waals surface area contributed by atoms with E-state index in [1.165, 1.54) is 0 Å². The Balaban J connectivity index is 1.50. The summed E-state index contributed by atoms with van der Waals surface area (Å²) < 4.78 is 7.53. The van der Waals surface area contributed by atoms with Crippen LogP contribution >= 0.6 is 0 Å². The number of rotatable bonds is 6. The lowest BCUT2D eigenvalue weighted by Crippen LogP contribution is -2.43. The van der Waals surface area contributed by atoms with Crippen LogP contribution in [0.5, 0.6) is 5.75 Å². The Kier molecular flexibility index (Phi) is 4.97. The third-order valence-corrected chi connectivity index (χ3v) is 4.21. The lowest BCUT2D eigenvalue weighted by molar-refractivity contribution is -0.124. The molecule has 0 fully saturated rings. The highest BCUT2D eigenvalue weighted by atomic mass is 16.5. The highest BCUT2D eigenvalue weighted by Crippen LogP contribution is 2.16. The predicted octanol–water partition coefficient (Wildman–Crippen LogP) is 0.449. The van der Waals surface area contributed by atoms with Crippen LogP contribution in [0.1, 0.15) is 35.4 Å². The average molecular weight is 343 g/mol. The van der Waals surface area contributed by atoms with Crippen molar-refractivity contribution in [1.29, 1.82) is 0 Å². The molecule has 1 aromatic carbocycles. The SMILES string of the molecule is CCc1nnc2n1CC(NC(=O)COc1ccc(C(N)=O)cc1)CC2. The van der Waals surface area contributed by atoms with Crippen LogP contribution in [-0.4, -0.2) is 39.2 Å². The third-order valence-electron chi connectivity index (χ3n) is 4.21. The van der Waals surface area contributed by atoms with E-state index in [2.05, 4.69) is 20.1 Å². The van der Waals surface area contributed by atoms with E-state index in [0.29, 0.717) is 17.9 Å². The zero-order valence-corrected chi connectivity index (χ0v) is 14.1. The van der Waals surface area contributed by atoms with Crippen LogP contribution in [0.3, 0.4) is 0 Å². The van der Waals surface area contributed by atoms with E-state index in [-0.39, 0.29) is 18.6 Å². The molecule has 0 radical (unpaired) electrons. The number of ether oxygens (including phenoxy) is 1. The van der Waals surface area contributed by atoms with Crippen LogP contribution in [0.4, 0.5) is 0 Å². The minimum Gasteiger partial charge on any atom is -0.484 e. The summed E-state index contributed by atoms with van der Waals surface area (Å²) in [6.45, 7) is 2.64. The van der Waals surface area contributed by atoms with Crippen molar-refractivity contribution < 1.29 is 14.3 Å². The van der Waals surface area contributed by atoms with Gasteiger partial charge in [-0.2, -0.15) is 0 Å². The molecule has 1 aliphatic rings. The van der Waals surface area contributed by atoms with Crippen LogP contribution in [0, 0.1) is 0 Å². The quantitative estimate of drug-likeness (QED) is 0.791. The van der Waals surface area contributed by atoms with Crippen molar-refractivity contribution in [3.63, 3.8) is 0 Å². The molecule has 0 bridgehead atoms. The van der Waals surface area contributed by atoms with E-state index in [0.717, 1.165) is 30.9 Å². The fourth-order valence-corrected chi connectivity index (χ4v) is 2.90. The second-order valence-corrected chi connectivity index (χ2v) is 5.98. The molecule has 132 valence electrons. The maximum Gasteiger partial charge on any atom is 0.258 e. The van der Waals surface area contributed by atoms with Gasteiger partial charge in [0.15, 0.2) is 6.61 Å². The summed E-state index contributed by atoms with van der Waals surface area (Å²) in [6, 6.07) is 6.41.